The maximum absolute atomic E-state index is 11.6. The molecule has 0 atom stereocenters. The van der Waals surface area contributed by atoms with Crippen LogP contribution in [0.4, 0.5) is 11.4 Å². The van der Waals surface area contributed by atoms with Gasteiger partial charge in [0.15, 0.2) is 0 Å². The van der Waals surface area contributed by atoms with E-state index >= 15 is 0 Å². The van der Waals surface area contributed by atoms with E-state index in [1.54, 1.807) is 0 Å². The number of hydrogen-bond donors (Lipinski definition) is 2. The van der Waals surface area contributed by atoms with Gasteiger partial charge in [-0.05, 0) is 115 Å². The summed E-state index contributed by atoms with van der Waals surface area (Å²) in [6, 6.07) is 24.1. The molecule has 0 aliphatic heterocycles. The number of rotatable bonds is 8. The second kappa shape index (κ2) is 41.8. The molecular weight excluding hydrogens is 845 g/mol. The summed E-state index contributed by atoms with van der Waals surface area (Å²) in [5.74, 6) is 0.734. The van der Waals surface area contributed by atoms with Gasteiger partial charge in [-0.2, -0.15) is 28.4 Å². The largest absolute Gasteiger partial charge is 4.00 e. The molecule has 0 aliphatic rings. The van der Waals surface area contributed by atoms with Crippen LogP contribution in [0.3, 0.4) is 0 Å². The Hall–Kier alpha value is -3.96. The molecule has 0 aromatic heterocycles. The molecule has 0 saturated heterocycles. The molecular formula is C44H60Cr2N6O8+2. The second-order valence-corrected chi connectivity index (χ2v) is 12.4. The average molecular weight is 905 g/mol. The molecule has 16 heteroatoms. The van der Waals surface area contributed by atoms with Crippen LogP contribution in [0.2, 0.25) is 0 Å². The van der Waals surface area contributed by atoms with E-state index in [2.05, 4.69) is 71.2 Å². The zero-order valence-electron chi connectivity index (χ0n) is 37.2. The summed E-state index contributed by atoms with van der Waals surface area (Å²) in [4.78, 5) is 13.4. The molecule has 0 fully saturated rings. The molecule has 4 aromatic carbocycles. The van der Waals surface area contributed by atoms with Gasteiger partial charge < -0.3 is 51.6 Å². The van der Waals surface area contributed by atoms with Gasteiger partial charge in [0.25, 0.3) is 0 Å². The number of aryl methyl sites for hydroxylation is 6. The quantitative estimate of drug-likeness (QED) is 0.0859. The van der Waals surface area contributed by atoms with E-state index in [-0.39, 0.29) is 34.7 Å². The van der Waals surface area contributed by atoms with Gasteiger partial charge >= 0.3 is 57.3 Å². The van der Waals surface area contributed by atoms with E-state index < -0.39 is 0 Å². The Morgan fingerprint density at radius 2 is 0.733 bits per heavy atom. The molecule has 0 radical (unpaired) electrons. The summed E-state index contributed by atoms with van der Waals surface area (Å²) in [7, 11) is 11.1. The molecule has 0 aliphatic carbocycles. The zero-order chi connectivity index (χ0) is 46.0. The molecule has 0 bridgehead atoms. The summed E-state index contributed by atoms with van der Waals surface area (Å²) in [5.41, 5.74) is 16.2. The van der Waals surface area contributed by atoms with Crippen molar-refractivity contribution in [3.63, 3.8) is 0 Å². The minimum Gasteiger partial charge on any atom is 4.00 e. The number of nitrogens with one attached hydrogen (secondary N) is 2. The fraction of sp³-hybridized carbons (Fsp3) is 0.364. The van der Waals surface area contributed by atoms with E-state index in [1.165, 1.54) is 11.1 Å². The average Bonchev–Trinajstić information content (AvgIpc) is 3.22. The molecule has 0 amide bonds. The summed E-state index contributed by atoms with van der Waals surface area (Å²) < 4.78 is 15.0. The number of hydroxylamine groups is 2. The molecule has 324 valence electrons. The van der Waals surface area contributed by atoms with Crippen LogP contribution < -0.4 is 31.4 Å². The molecule has 60 heavy (non-hydrogen) atoms. The Morgan fingerprint density at radius 1 is 0.500 bits per heavy atom. The van der Waals surface area contributed by atoms with Gasteiger partial charge in [0.1, 0.15) is 11.7 Å². The first kappa shape index (κ1) is 67.8. The summed E-state index contributed by atoms with van der Waals surface area (Å²) in [6.45, 7) is 22.7. The van der Waals surface area contributed by atoms with E-state index in [1.807, 2.05) is 115 Å². The number of para-hydroxylation sites is 2. The first-order chi connectivity index (χ1) is 27.8. The molecule has 4 aromatic rings. The number of amidine groups is 2. The maximum atomic E-state index is 11.6. The molecule has 0 heterocycles. The molecule has 4 rings (SSSR count). The van der Waals surface area contributed by atoms with Crippen LogP contribution in [0.1, 0.15) is 55.6 Å². The van der Waals surface area contributed by atoms with E-state index in [4.69, 9.17) is 29.7 Å². The van der Waals surface area contributed by atoms with E-state index in [0.717, 1.165) is 97.4 Å². The van der Waals surface area contributed by atoms with Gasteiger partial charge in [0.05, 0.1) is 11.4 Å². The van der Waals surface area contributed by atoms with Crippen molar-refractivity contribution in [1.29, 1.82) is 0 Å². The minimum absolute atomic E-state index is 0. The number of nitrogens with zero attached hydrogens (tertiary/aromatic N) is 4. The third-order valence-electron chi connectivity index (χ3n) is 7.44. The van der Waals surface area contributed by atoms with Crippen LogP contribution in [0, 0.1) is 65.3 Å². The van der Waals surface area contributed by atoms with Gasteiger partial charge in [-0.25, -0.2) is 9.98 Å². The van der Waals surface area contributed by atoms with Crippen molar-refractivity contribution >= 4 is 23.0 Å². The third-order valence-corrected chi connectivity index (χ3v) is 7.44. The molecule has 2 N–H and O–H groups in total. The fourth-order valence-corrected chi connectivity index (χ4v) is 5.80. The summed E-state index contributed by atoms with van der Waals surface area (Å²) in [6.07, 6.45) is 0. The number of hydrogen-bond acceptors (Lipinski definition) is 10. The van der Waals surface area contributed by atoms with Crippen molar-refractivity contribution in [3.8, 4) is 0 Å². The zero-order valence-corrected chi connectivity index (χ0v) is 39.8. The Kier molecular flexibility index (Phi) is 47.2. The van der Waals surface area contributed by atoms with Crippen LogP contribution in [0.5, 0.6) is 0 Å². The molecule has 0 spiro atoms. The predicted molar refractivity (Wildman–Crippen MR) is 226 cm³/mol. The topological polar surface area (TPSA) is 233 Å². The smallest absolute Gasteiger partial charge is 4.00 e. The molecule has 0 saturated carbocycles. The van der Waals surface area contributed by atoms with Crippen LogP contribution in [-0.2, 0) is 57.1 Å². The second-order valence-electron chi connectivity index (χ2n) is 12.4. The van der Waals surface area contributed by atoms with Crippen molar-refractivity contribution < 1.29 is 64.5 Å². The van der Waals surface area contributed by atoms with E-state index in [9.17, 15) is 10.4 Å². The number of aliphatic imine (C=N–C) groups is 2. The first-order valence-corrected chi connectivity index (χ1v) is 17.4. The predicted octanol–water partition coefficient (Wildman–Crippen LogP) is 3.50. The van der Waals surface area contributed by atoms with Crippen molar-refractivity contribution in [3.05, 3.63) is 152 Å². The normalized spacial score (nSPS) is 9.57. The van der Waals surface area contributed by atoms with Crippen LogP contribution in [-0.4, -0.2) is 78.1 Å². The monoisotopic (exact) mass is 904 g/mol. The van der Waals surface area contributed by atoms with Gasteiger partial charge in [0, 0.05) is 24.2 Å². The van der Waals surface area contributed by atoms with Crippen LogP contribution >= 0.6 is 0 Å². The Morgan fingerprint density at radius 3 is 0.950 bits per heavy atom. The Bertz CT molecular complexity index is 1640. The van der Waals surface area contributed by atoms with Crippen LogP contribution in [0.25, 0.3) is 0 Å². The van der Waals surface area contributed by atoms with Crippen molar-refractivity contribution in [2.24, 2.45) is 9.98 Å². The maximum Gasteiger partial charge on any atom is 4.00 e. The van der Waals surface area contributed by atoms with Crippen molar-refractivity contribution in [2.45, 2.75) is 54.6 Å². The Labute approximate surface area is 380 Å². The standard InChI is InChI=1S/2C19H24N3O.4CH3O.2CO.2Cr/c2*1-13-10-14(2)18(15(3)11-13)19(21-23)20-17-9-7-6-8-16(17)12-22(4)5;6*1-2;;/h2*6-11H,12H2,1-5H3,(H-,20,21,23);4*1H3;;;;/q6*-1;;;2*+4. The Balaban J connectivity index is -0.000000189. The van der Waals surface area contributed by atoms with Crippen molar-refractivity contribution in [2.75, 3.05) is 56.6 Å². The van der Waals surface area contributed by atoms with E-state index in [0.29, 0.717) is 11.7 Å². The molecule has 0 unspecified atom stereocenters. The number of benzene rings is 4. The third kappa shape index (κ3) is 25.0. The fourth-order valence-electron chi connectivity index (χ4n) is 5.80. The summed E-state index contributed by atoms with van der Waals surface area (Å²) in [5, 5.41) is 56.1. The SMILES string of the molecule is C[O-].C[O-].C[O-].C[O-].Cc1cc(C)c(C(=Nc2ccccc2CN(C)C)N[O-])c(C)c1.Cc1cc(C)c(C(=Nc2ccccc2CN(C)C)N[O-])c(C)c1.[C-]#[O+].[C-]#[O+].[Cr+4].[Cr+4]. The van der Waals surface area contributed by atoms with Crippen LogP contribution in [0.15, 0.2) is 82.8 Å². The summed E-state index contributed by atoms with van der Waals surface area (Å²) >= 11 is 0. The van der Waals surface area contributed by atoms with Crippen molar-refractivity contribution in [1.82, 2.24) is 20.8 Å². The van der Waals surface area contributed by atoms with Gasteiger partial charge in [0.2, 0.25) is 0 Å². The van der Waals surface area contributed by atoms with Gasteiger partial charge in [-0.15, -0.1) is 0 Å². The van der Waals surface area contributed by atoms with Gasteiger partial charge in [-0.3, -0.25) is 0 Å². The molecule has 14 nitrogen and oxygen atoms in total. The minimum atomic E-state index is 0. The van der Waals surface area contributed by atoms with Gasteiger partial charge in [-0.1, -0.05) is 71.8 Å². The first-order valence-electron chi connectivity index (χ1n) is 17.4.